The molecule has 6 atom stereocenters. The first-order valence-electron chi connectivity index (χ1n) is 15.3. The van der Waals surface area contributed by atoms with E-state index in [0.717, 1.165) is 0 Å². The van der Waals surface area contributed by atoms with Gasteiger partial charge in [0.15, 0.2) is 12.1 Å². The minimum absolute atomic E-state index is 0.00350. The lowest BCUT2D eigenvalue weighted by atomic mass is 9.71. The maximum Gasteiger partial charge on any atom is 0.271 e. The second kappa shape index (κ2) is 12.7. The molecule has 0 aromatic heterocycles. The third-order valence-electron chi connectivity index (χ3n) is 9.16. The lowest BCUT2D eigenvalue weighted by molar-refractivity contribution is -0.245. The summed E-state index contributed by atoms with van der Waals surface area (Å²) in [4.78, 5) is 40.4. The maximum atomic E-state index is 13.9. The molecule has 0 radical (unpaired) electrons. The Hall–Kier alpha value is -4.70. The number of nitrogens with two attached hydrogens (primary N) is 1. The van der Waals surface area contributed by atoms with Crippen molar-refractivity contribution in [3.8, 4) is 17.2 Å². The number of hydrogen-bond donors (Lipinski definition) is 7. The molecule has 3 aromatic rings. The van der Waals surface area contributed by atoms with Crippen molar-refractivity contribution in [3.05, 3.63) is 87.5 Å². The fraction of sp³-hybridized carbons (Fsp3) is 0.353. The number of ether oxygens (including phenoxy) is 3. The number of aliphatic hydroxyl groups excluding tert-OH is 2. The Morgan fingerprint density at radius 2 is 1.77 bits per heavy atom. The van der Waals surface area contributed by atoms with Gasteiger partial charge in [-0.2, -0.15) is 5.10 Å². The summed E-state index contributed by atoms with van der Waals surface area (Å²) in [6.07, 6.45) is -5.10. The predicted octanol–water partition coefficient (Wildman–Crippen LogP) is 1.22. The molecule has 0 spiro atoms. The summed E-state index contributed by atoms with van der Waals surface area (Å²) in [5.74, 6) is -3.43. The van der Waals surface area contributed by atoms with Crippen molar-refractivity contribution in [3.63, 3.8) is 0 Å². The Balaban J connectivity index is 1.47. The number of benzene rings is 3. The summed E-state index contributed by atoms with van der Waals surface area (Å²) < 4.78 is 17.4. The molecule has 3 aliphatic rings. The first-order chi connectivity index (χ1) is 22.9. The van der Waals surface area contributed by atoms with Crippen LogP contribution in [0.15, 0.2) is 53.6 Å². The minimum atomic E-state index is -2.13. The van der Waals surface area contributed by atoms with Crippen LogP contribution in [0.25, 0.3) is 0 Å². The van der Waals surface area contributed by atoms with E-state index in [1.807, 2.05) is 0 Å². The van der Waals surface area contributed by atoms with Gasteiger partial charge in [-0.15, -0.1) is 0 Å². The largest absolute Gasteiger partial charge is 0.507 e. The average molecular weight is 662 g/mol. The van der Waals surface area contributed by atoms with Crippen molar-refractivity contribution in [2.75, 3.05) is 13.7 Å². The molecular formula is C34H35N3O11. The fourth-order valence-electron chi connectivity index (χ4n) is 6.67. The Kier molecular flexibility index (Phi) is 8.80. The third kappa shape index (κ3) is 5.51. The van der Waals surface area contributed by atoms with Gasteiger partial charge < -0.3 is 45.5 Å². The minimum Gasteiger partial charge on any atom is -0.507 e. The number of rotatable bonds is 7. The lowest BCUT2D eigenvalue weighted by Crippen LogP contribution is -2.53. The van der Waals surface area contributed by atoms with Crippen LogP contribution < -0.4 is 15.9 Å². The van der Waals surface area contributed by atoms with Gasteiger partial charge in [0.1, 0.15) is 22.8 Å². The summed E-state index contributed by atoms with van der Waals surface area (Å²) >= 11 is 0. The van der Waals surface area contributed by atoms with Crippen LogP contribution in [0.1, 0.15) is 79.2 Å². The standard InChI is InChI=1S/C34H35N3O11/c1-15-28(39)19(35)11-23(47-15)48-21-13-34(45,22(14-38)36-37-33(44)16-7-4-3-5-8-16)12-18-25(21)32(43)27-26(30(18)41)29(40)17-9-6-10-20(46-2)24(17)31(27)42/h3-10,15,19,21,23,28,38-39,41,43,45H,11-14,35H2,1-2H3,(H,37,44)/b36-22+/t15-,19-,21-,23-,28+,34-/m0/s1. The molecule has 48 heavy (non-hydrogen) atoms. The quantitative estimate of drug-likeness (QED) is 0.0842. The molecule has 1 fully saturated rings. The Labute approximate surface area is 274 Å². The van der Waals surface area contributed by atoms with Crippen molar-refractivity contribution in [2.45, 2.75) is 62.4 Å². The van der Waals surface area contributed by atoms with Gasteiger partial charge in [-0.3, -0.25) is 14.4 Å². The zero-order chi connectivity index (χ0) is 34.5. The number of phenolic OH excluding ortho intramolecular Hbond substituents is 2. The highest BCUT2D eigenvalue weighted by Crippen LogP contribution is 2.52. The van der Waals surface area contributed by atoms with Crippen molar-refractivity contribution in [2.24, 2.45) is 10.8 Å². The number of amides is 1. The number of nitrogens with zero attached hydrogens (tertiary/aromatic N) is 1. The molecule has 1 heterocycles. The van der Waals surface area contributed by atoms with Gasteiger partial charge in [0.2, 0.25) is 5.78 Å². The SMILES string of the molecule is COc1cccc2c1C(=O)c1c(O)c3c(c(O)c1C2=O)C[C@@](O)(/C(CO)=N/NC(=O)c1ccccc1)C[C@@H]3O[C@H]1C[C@H](N)[C@H](O)[C@H](C)O1. The molecule has 1 saturated heterocycles. The molecule has 14 nitrogen and oxygen atoms in total. The zero-order valence-electron chi connectivity index (χ0n) is 26.0. The van der Waals surface area contributed by atoms with Crippen molar-refractivity contribution < 1.29 is 54.1 Å². The number of nitrogens with one attached hydrogen (secondary N) is 1. The summed E-state index contributed by atoms with van der Waals surface area (Å²) in [5.41, 5.74) is 4.90. The van der Waals surface area contributed by atoms with Gasteiger partial charge in [0.05, 0.1) is 54.4 Å². The highest BCUT2D eigenvalue weighted by molar-refractivity contribution is 6.31. The number of aromatic hydroxyl groups is 2. The van der Waals surface area contributed by atoms with E-state index in [-0.39, 0.29) is 45.7 Å². The molecule has 0 unspecified atom stereocenters. The summed E-state index contributed by atoms with van der Waals surface area (Å²) in [5, 5.41) is 60.2. The lowest BCUT2D eigenvalue weighted by Gasteiger charge is -2.43. The number of aliphatic hydroxyl groups is 3. The normalized spacial score (nSPS) is 26.7. The fourth-order valence-corrected chi connectivity index (χ4v) is 6.67. The van der Waals surface area contributed by atoms with E-state index >= 15 is 0 Å². The maximum absolute atomic E-state index is 13.9. The number of ketones is 2. The molecule has 252 valence electrons. The van der Waals surface area contributed by atoms with Crippen LogP contribution >= 0.6 is 0 Å². The third-order valence-corrected chi connectivity index (χ3v) is 9.16. The topological polar surface area (TPSA) is 230 Å². The van der Waals surface area contributed by atoms with Crippen LogP contribution in [0, 0.1) is 0 Å². The highest BCUT2D eigenvalue weighted by atomic mass is 16.7. The van der Waals surface area contributed by atoms with Crippen LogP contribution in [-0.2, 0) is 15.9 Å². The molecule has 14 heteroatoms. The molecule has 0 bridgehead atoms. The molecule has 1 amide bonds. The number of hydrogen-bond acceptors (Lipinski definition) is 13. The Morgan fingerprint density at radius 3 is 2.44 bits per heavy atom. The number of fused-ring (bicyclic) bond motifs is 3. The van der Waals surface area contributed by atoms with Crippen molar-refractivity contribution >= 4 is 23.2 Å². The van der Waals surface area contributed by atoms with Crippen molar-refractivity contribution in [1.82, 2.24) is 5.43 Å². The molecule has 1 aliphatic heterocycles. The molecule has 0 saturated carbocycles. The van der Waals surface area contributed by atoms with E-state index in [4.69, 9.17) is 19.9 Å². The molecule has 8 N–H and O–H groups in total. The summed E-state index contributed by atoms with van der Waals surface area (Å²) in [7, 11) is 1.33. The summed E-state index contributed by atoms with van der Waals surface area (Å²) in [6, 6.07) is 11.7. The Morgan fingerprint density at radius 1 is 1.06 bits per heavy atom. The number of carbonyl (C=O) groups is 3. The number of hydrazone groups is 1. The van der Waals surface area contributed by atoms with Crippen molar-refractivity contribution in [1.29, 1.82) is 0 Å². The van der Waals surface area contributed by atoms with Gasteiger partial charge in [-0.25, -0.2) is 5.43 Å². The predicted molar refractivity (Wildman–Crippen MR) is 168 cm³/mol. The van der Waals surface area contributed by atoms with Gasteiger partial charge in [-0.1, -0.05) is 30.3 Å². The van der Waals surface area contributed by atoms with Gasteiger partial charge in [-0.05, 0) is 25.1 Å². The van der Waals surface area contributed by atoms with Gasteiger partial charge in [0, 0.05) is 47.6 Å². The molecular weight excluding hydrogens is 626 g/mol. The molecule has 3 aromatic carbocycles. The second-order valence-corrected chi connectivity index (χ2v) is 12.1. The van der Waals surface area contributed by atoms with E-state index in [1.54, 1.807) is 37.3 Å². The van der Waals surface area contributed by atoms with Gasteiger partial charge >= 0.3 is 0 Å². The second-order valence-electron chi connectivity index (χ2n) is 12.1. The number of phenols is 2. The first-order valence-corrected chi connectivity index (χ1v) is 15.3. The highest BCUT2D eigenvalue weighted by Gasteiger charge is 2.49. The van der Waals surface area contributed by atoms with Crippen LogP contribution in [0.4, 0.5) is 0 Å². The summed E-state index contributed by atoms with van der Waals surface area (Å²) in [6.45, 7) is 0.746. The van der Waals surface area contributed by atoms with Gasteiger partial charge in [0.25, 0.3) is 5.91 Å². The monoisotopic (exact) mass is 661 g/mol. The zero-order valence-corrected chi connectivity index (χ0v) is 26.0. The molecule has 6 rings (SSSR count). The average Bonchev–Trinajstić information content (AvgIpc) is 3.07. The Bertz CT molecular complexity index is 1820. The van der Waals surface area contributed by atoms with Crippen LogP contribution in [0.5, 0.6) is 17.2 Å². The smallest absolute Gasteiger partial charge is 0.271 e. The number of carbonyl (C=O) groups excluding carboxylic acids is 3. The van der Waals surface area contributed by atoms with E-state index in [9.17, 15) is 39.9 Å². The first kappa shape index (κ1) is 33.2. The van der Waals surface area contributed by atoms with E-state index < -0.39 is 95.8 Å². The van der Waals surface area contributed by atoms with E-state index in [2.05, 4.69) is 10.5 Å². The van der Waals surface area contributed by atoms with Crippen LogP contribution in [0.2, 0.25) is 0 Å². The van der Waals surface area contributed by atoms with E-state index in [1.165, 1.54) is 25.3 Å². The van der Waals surface area contributed by atoms with Crippen LogP contribution in [-0.4, -0.2) is 92.6 Å². The number of methoxy groups -OCH3 is 1. The van der Waals surface area contributed by atoms with E-state index in [0.29, 0.717) is 0 Å². The van der Waals surface area contributed by atoms with Crippen LogP contribution in [0.3, 0.4) is 0 Å². The molecule has 2 aliphatic carbocycles.